The summed E-state index contributed by atoms with van der Waals surface area (Å²) in [4.78, 5) is 19.3. The minimum absolute atomic E-state index is 0.397. The van der Waals surface area contributed by atoms with E-state index in [1.54, 1.807) is 16.8 Å². The molecule has 0 N–H and O–H groups in total. The van der Waals surface area contributed by atoms with Crippen LogP contribution in [0.3, 0.4) is 0 Å². The van der Waals surface area contributed by atoms with Crippen LogP contribution in [-0.2, 0) is 4.74 Å². The van der Waals surface area contributed by atoms with Crippen LogP contribution in [0.1, 0.15) is 16.1 Å². The molecule has 2 aromatic heterocycles. The van der Waals surface area contributed by atoms with Crippen molar-refractivity contribution in [2.24, 2.45) is 0 Å². The molecule has 0 aliphatic heterocycles. The summed E-state index contributed by atoms with van der Waals surface area (Å²) in [5.74, 6) is 0.181. The average molecular weight is 191 g/mol. The first-order valence-electron chi connectivity index (χ1n) is 4.10. The van der Waals surface area contributed by atoms with Crippen molar-refractivity contribution in [1.29, 1.82) is 0 Å². The van der Waals surface area contributed by atoms with E-state index in [9.17, 15) is 4.79 Å². The van der Waals surface area contributed by atoms with Crippen LogP contribution in [0.25, 0.3) is 5.78 Å². The lowest BCUT2D eigenvalue weighted by Crippen LogP contribution is -2.03. The standard InChI is InChI=1S/C9H9N3O2/c1-6-4-12-5-7(8(13)14-2)3-10-9(12)11-6/h3-5H,1-2H3. The van der Waals surface area contributed by atoms with Crippen molar-refractivity contribution >= 4 is 11.7 Å². The number of hydrogen-bond donors (Lipinski definition) is 0. The van der Waals surface area contributed by atoms with Gasteiger partial charge in [0, 0.05) is 18.6 Å². The van der Waals surface area contributed by atoms with E-state index in [0.717, 1.165) is 5.69 Å². The van der Waals surface area contributed by atoms with E-state index in [4.69, 9.17) is 0 Å². The zero-order chi connectivity index (χ0) is 10.1. The monoisotopic (exact) mass is 191 g/mol. The van der Waals surface area contributed by atoms with Crippen molar-refractivity contribution in [3.8, 4) is 0 Å². The highest BCUT2D eigenvalue weighted by molar-refractivity contribution is 5.88. The normalized spacial score (nSPS) is 10.4. The molecule has 0 aliphatic rings. The molecule has 0 radical (unpaired) electrons. The fourth-order valence-electron chi connectivity index (χ4n) is 1.23. The summed E-state index contributed by atoms with van der Waals surface area (Å²) in [5.41, 5.74) is 1.27. The van der Waals surface area contributed by atoms with Crippen LogP contribution in [0.4, 0.5) is 0 Å². The maximum absolute atomic E-state index is 11.2. The lowest BCUT2D eigenvalue weighted by Gasteiger charge is -1.98. The number of fused-ring (bicyclic) bond motifs is 1. The number of esters is 1. The van der Waals surface area contributed by atoms with Gasteiger partial charge in [0.1, 0.15) is 0 Å². The first-order chi connectivity index (χ1) is 6.70. The molecular formula is C9H9N3O2. The minimum Gasteiger partial charge on any atom is -0.465 e. The summed E-state index contributed by atoms with van der Waals surface area (Å²) < 4.78 is 6.28. The molecule has 0 unspecified atom stereocenters. The van der Waals surface area contributed by atoms with Crippen molar-refractivity contribution in [2.45, 2.75) is 6.92 Å². The van der Waals surface area contributed by atoms with Gasteiger partial charge < -0.3 is 4.74 Å². The number of rotatable bonds is 1. The lowest BCUT2D eigenvalue weighted by molar-refractivity contribution is 0.0599. The van der Waals surface area contributed by atoms with Gasteiger partial charge in [-0.2, -0.15) is 0 Å². The van der Waals surface area contributed by atoms with Gasteiger partial charge in [0.05, 0.1) is 18.4 Å². The van der Waals surface area contributed by atoms with Crippen LogP contribution in [0.5, 0.6) is 0 Å². The number of imidazole rings is 1. The fraction of sp³-hybridized carbons (Fsp3) is 0.222. The van der Waals surface area contributed by atoms with Gasteiger partial charge in [-0.25, -0.2) is 14.8 Å². The molecule has 2 rings (SSSR count). The quantitative estimate of drug-likeness (QED) is 0.626. The largest absolute Gasteiger partial charge is 0.465 e. The molecule has 0 amide bonds. The summed E-state index contributed by atoms with van der Waals surface area (Å²) in [6.45, 7) is 1.87. The number of aryl methyl sites for hydroxylation is 1. The molecule has 5 nitrogen and oxygen atoms in total. The van der Waals surface area contributed by atoms with Crippen LogP contribution >= 0.6 is 0 Å². The Balaban J connectivity index is 2.55. The first-order valence-corrected chi connectivity index (χ1v) is 4.10. The van der Waals surface area contributed by atoms with Crippen molar-refractivity contribution in [3.63, 3.8) is 0 Å². The molecule has 72 valence electrons. The Hall–Kier alpha value is -1.91. The lowest BCUT2D eigenvalue weighted by atomic mass is 10.3. The van der Waals surface area contributed by atoms with Gasteiger partial charge >= 0.3 is 5.97 Å². The minimum atomic E-state index is -0.397. The Labute approximate surface area is 80.4 Å². The van der Waals surface area contributed by atoms with Gasteiger partial charge in [0.2, 0.25) is 5.78 Å². The Bertz CT molecular complexity index is 490. The molecule has 0 bridgehead atoms. The first kappa shape index (κ1) is 8.68. The molecule has 14 heavy (non-hydrogen) atoms. The zero-order valence-electron chi connectivity index (χ0n) is 7.89. The third-order valence-corrected chi connectivity index (χ3v) is 1.85. The van der Waals surface area contributed by atoms with E-state index in [-0.39, 0.29) is 0 Å². The van der Waals surface area contributed by atoms with Crippen LogP contribution < -0.4 is 0 Å². The highest BCUT2D eigenvalue weighted by Gasteiger charge is 2.07. The Morgan fingerprint density at radius 3 is 3.00 bits per heavy atom. The molecule has 0 aliphatic carbocycles. The summed E-state index contributed by atoms with van der Waals surface area (Å²) in [6, 6.07) is 0. The number of hydrogen-bond acceptors (Lipinski definition) is 4. The number of carbonyl (C=O) groups is 1. The van der Waals surface area contributed by atoms with Crippen molar-refractivity contribution in [2.75, 3.05) is 7.11 Å². The molecule has 0 saturated heterocycles. The van der Waals surface area contributed by atoms with Gasteiger partial charge in [-0.05, 0) is 6.92 Å². The second-order valence-corrected chi connectivity index (χ2v) is 2.92. The molecule has 0 aromatic carbocycles. The van der Waals surface area contributed by atoms with Gasteiger partial charge in [-0.15, -0.1) is 0 Å². The van der Waals surface area contributed by atoms with Crippen molar-refractivity contribution in [1.82, 2.24) is 14.4 Å². The summed E-state index contributed by atoms with van der Waals surface area (Å²) in [6.07, 6.45) is 4.90. The molecule has 0 saturated carbocycles. The third kappa shape index (κ3) is 1.32. The number of nitrogens with zero attached hydrogens (tertiary/aromatic N) is 3. The Morgan fingerprint density at radius 2 is 2.29 bits per heavy atom. The smallest absolute Gasteiger partial charge is 0.340 e. The van der Waals surface area contributed by atoms with E-state index < -0.39 is 5.97 Å². The number of carbonyl (C=O) groups excluding carboxylic acids is 1. The van der Waals surface area contributed by atoms with E-state index in [1.165, 1.54) is 13.3 Å². The predicted molar refractivity (Wildman–Crippen MR) is 49.1 cm³/mol. The van der Waals surface area contributed by atoms with Gasteiger partial charge in [0.15, 0.2) is 0 Å². The number of aromatic nitrogens is 3. The van der Waals surface area contributed by atoms with Crippen LogP contribution in [0.15, 0.2) is 18.6 Å². The molecule has 0 fully saturated rings. The van der Waals surface area contributed by atoms with Crippen LogP contribution in [0.2, 0.25) is 0 Å². The molecule has 0 atom stereocenters. The number of methoxy groups -OCH3 is 1. The van der Waals surface area contributed by atoms with E-state index in [1.807, 2.05) is 6.92 Å². The predicted octanol–water partition coefficient (Wildman–Crippen LogP) is 0.824. The maximum Gasteiger partial charge on any atom is 0.340 e. The average Bonchev–Trinajstić information content (AvgIpc) is 2.55. The van der Waals surface area contributed by atoms with Gasteiger partial charge in [0.25, 0.3) is 0 Å². The second kappa shape index (κ2) is 3.10. The van der Waals surface area contributed by atoms with Gasteiger partial charge in [-0.3, -0.25) is 4.40 Å². The Morgan fingerprint density at radius 1 is 1.50 bits per heavy atom. The SMILES string of the molecule is COC(=O)c1cnc2nc(C)cn2c1. The molecular weight excluding hydrogens is 182 g/mol. The highest BCUT2D eigenvalue weighted by atomic mass is 16.5. The maximum atomic E-state index is 11.2. The summed E-state index contributed by atoms with van der Waals surface area (Å²) in [7, 11) is 1.34. The molecule has 2 heterocycles. The zero-order valence-corrected chi connectivity index (χ0v) is 7.89. The number of ether oxygens (including phenoxy) is 1. The molecule has 2 aromatic rings. The topological polar surface area (TPSA) is 56.5 Å². The van der Waals surface area contributed by atoms with Crippen LogP contribution in [-0.4, -0.2) is 27.4 Å². The molecule has 5 heteroatoms. The Kier molecular flexibility index (Phi) is 1.92. The van der Waals surface area contributed by atoms with E-state index in [2.05, 4.69) is 14.7 Å². The summed E-state index contributed by atoms with van der Waals surface area (Å²) in [5, 5.41) is 0. The van der Waals surface area contributed by atoms with E-state index >= 15 is 0 Å². The third-order valence-electron chi connectivity index (χ3n) is 1.85. The summed E-state index contributed by atoms with van der Waals surface area (Å²) >= 11 is 0. The fourth-order valence-corrected chi connectivity index (χ4v) is 1.23. The van der Waals surface area contributed by atoms with E-state index in [0.29, 0.717) is 11.3 Å². The van der Waals surface area contributed by atoms with Crippen molar-refractivity contribution in [3.05, 3.63) is 29.8 Å². The molecule has 0 spiro atoms. The van der Waals surface area contributed by atoms with Crippen LogP contribution in [0, 0.1) is 6.92 Å². The van der Waals surface area contributed by atoms with Crippen molar-refractivity contribution < 1.29 is 9.53 Å². The van der Waals surface area contributed by atoms with Gasteiger partial charge in [-0.1, -0.05) is 0 Å². The second-order valence-electron chi connectivity index (χ2n) is 2.92. The highest BCUT2D eigenvalue weighted by Crippen LogP contribution is 2.04.